The molecule has 0 bridgehead atoms. The molecule has 0 saturated heterocycles. The van der Waals surface area contributed by atoms with Gasteiger partial charge in [-0.3, -0.25) is 0 Å². The minimum Gasteiger partial charge on any atom is -0.467 e. The first-order chi connectivity index (χ1) is 10.2. The molecule has 7 heteroatoms. The van der Waals surface area contributed by atoms with E-state index in [0.717, 1.165) is 25.0 Å². The molecule has 1 rings (SSSR count). The molecular weight excluding hydrogens is 306 g/mol. The van der Waals surface area contributed by atoms with Crippen LogP contribution in [-0.2, 0) is 14.3 Å². The molecule has 22 heavy (non-hydrogen) atoms. The summed E-state index contributed by atoms with van der Waals surface area (Å²) in [5.41, 5.74) is -1.05. The van der Waals surface area contributed by atoms with Crippen LogP contribution >= 0.6 is 11.8 Å². The fraction of sp³-hybridized carbons (Fsp3) is 0.867. The Labute approximate surface area is 136 Å². The van der Waals surface area contributed by atoms with Crippen molar-refractivity contribution < 1.29 is 24.2 Å². The molecule has 2 N–H and O–H groups in total. The van der Waals surface area contributed by atoms with Crippen molar-refractivity contribution in [3.05, 3.63) is 0 Å². The Bertz CT molecular complexity index is 390. The zero-order valence-electron chi connectivity index (χ0n) is 13.8. The lowest BCUT2D eigenvalue weighted by Gasteiger charge is -2.22. The van der Waals surface area contributed by atoms with E-state index in [0.29, 0.717) is 12.2 Å². The van der Waals surface area contributed by atoms with Crippen LogP contribution in [0, 0.1) is 0 Å². The minimum absolute atomic E-state index is 0.441. The highest BCUT2D eigenvalue weighted by molar-refractivity contribution is 7.99. The number of amides is 1. The second-order valence-electron chi connectivity index (χ2n) is 6.60. The summed E-state index contributed by atoms with van der Waals surface area (Å²) in [6, 6.07) is -0.712. The van der Waals surface area contributed by atoms with Gasteiger partial charge in [0.25, 0.3) is 0 Å². The van der Waals surface area contributed by atoms with E-state index in [2.05, 4.69) is 5.32 Å². The largest absolute Gasteiger partial charge is 0.467 e. The monoisotopic (exact) mass is 333 g/mol. The fourth-order valence-corrected chi connectivity index (χ4v) is 2.93. The number of nitrogens with one attached hydrogen (secondary N) is 1. The molecule has 0 unspecified atom stereocenters. The second kappa shape index (κ2) is 8.06. The van der Waals surface area contributed by atoms with Gasteiger partial charge < -0.3 is 19.9 Å². The van der Waals surface area contributed by atoms with Crippen molar-refractivity contribution in [2.24, 2.45) is 0 Å². The van der Waals surface area contributed by atoms with Crippen molar-refractivity contribution >= 4 is 23.8 Å². The molecule has 128 valence electrons. The number of aliphatic hydroxyl groups is 1. The molecule has 1 aliphatic rings. The Kier molecular flexibility index (Phi) is 6.99. The Morgan fingerprint density at radius 2 is 1.95 bits per heavy atom. The number of thioether (sulfide) groups is 1. The molecule has 1 fully saturated rings. The summed E-state index contributed by atoms with van der Waals surface area (Å²) in [7, 11) is 1.29. The highest BCUT2D eigenvalue weighted by Gasteiger charge is 2.39. The molecule has 1 aliphatic carbocycles. The number of esters is 1. The van der Waals surface area contributed by atoms with Crippen molar-refractivity contribution in [1.29, 1.82) is 0 Å². The third-order valence-corrected chi connectivity index (χ3v) is 4.28. The molecule has 1 saturated carbocycles. The van der Waals surface area contributed by atoms with Crippen LogP contribution in [-0.4, -0.2) is 53.0 Å². The average Bonchev–Trinajstić information content (AvgIpc) is 3.12. The predicted molar refractivity (Wildman–Crippen MR) is 85.9 cm³/mol. The van der Waals surface area contributed by atoms with E-state index >= 15 is 0 Å². The highest BCUT2D eigenvalue weighted by Crippen LogP contribution is 2.39. The maximum Gasteiger partial charge on any atom is 0.408 e. The molecule has 0 radical (unpaired) electrons. The van der Waals surface area contributed by atoms with Gasteiger partial charge in [0.15, 0.2) is 0 Å². The van der Waals surface area contributed by atoms with E-state index in [-0.39, 0.29) is 0 Å². The summed E-state index contributed by atoms with van der Waals surface area (Å²) in [4.78, 5) is 23.4. The molecule has 1 atom stereocenters. The molecule has 0 aromatic heterocycles. The van der Waals surface area contributed by atoms with Crippen molar-refractivity contribution in [2.75, 3.05) is 18.6 Å². The molecule has 6 nitrogen and oxygen atoms in total. The van der Waals surface area contributed by atoms with Crippen LogP contribution in [0.2, 0.25) is 0 Å². The number of carbonyl (C=O) groups is 2. The first-order valence-corrected chi connectivity index (χ1v) is 8.68. The standard InChI is InChI=1S/C15H27NO5S/c1-14(2,3)21-13(18)16-11(12(17)20-4)5-9-22-10-8-15(19)6-7-15/h11,19H,5-10H2,1-4H3,(H,16,18)/t11-/m0/s1. The zero-order chi connectivity index (χ0) is 16.8. The molecule has 0 aliphatic heterocycles. The summed E-state index contributed by atoms with van der Waals surface area (Å²) in [6.07, 6.45) is 2.40. The van der Waals surface area contributed by atoms with Crippen molar-refractivity contribution in [2.45, 2.75) is 63.7 Å². The average molecular weight is 333 g/mol. The van der Waals surface area contributed by atoms with Gasteiger partial charge in [-0.25, -0.2) is 9.59 Å². The third kappa shape index (κ3) is 7.89. The maximum absolute atomic E-state index is 11.7. The number of ether oxygens (including phenoxy) is 2. The van der Waals surface area contributed by atoms with Crippen molar-refractivity contribution in [3.63, 3.8) is 0 Å². The van der Waals surface area contributed by atoms with Crippen LogP contribution in [0.25, 0.3) is 0 Å². The molecule has 1 amide bonds. The molecular formula is C15H27NO5S. The van der Waals surface area contributed by atoms with Gasteiger partial charge in [0.05, 0.1) is 12.7 Å². The third-order valence-electron chi connectivity index (χ3n) is 3.27. The van der Waals surface area contributed by atoms with Crippen LogP contribution in [0.3, 0.4) is 0 Å². The quantitative estimate of drug-likeness (QED) is 0.523. The fourth-order valence-electron chi connectivity index (χ4n) is 1.80. The normalized spacial score (nSPS) is 17.5. The van der Waals surface area contributed by atoms with Crippen LogP contribution in [0.15, 0.2) is 0 Å². The summed E-state index contributed by atoms with van der Waals surface area (Å²) in [6.45, 7) is 5.29. The Balaban J connectivity index is 2.30. The number of methoxy groups -OCH3 is 1. The topological polar surface area (TPSA) is 84.9 Å². The van der Waals surface area contributed by atoms with Gasteiger partial charge >= 0.3 is 12.1 Å². The number of carbonyl (C=O) groups excluding carboxylic acids is 2. The summed E-state index contributed by atoms with van der Waals surface area (Å²) >= 11 is 1.66. The van der Waals surface area contributed by atoms with E-state index in [9.17, 15) is 14.7 Å². The van der Waals surface area contributed by atoms with Crippen molar-refractivity contribution in [1.82, 2.24) is 5.32 Å². The first-order valence-electron chi connectivity index (χ1n) is 7.53. The minimum atomic E-state index is -0.712. The lowest BCUT2D eigenvalue weighted by molar-refractivity contribution is -0.143. The van der Waals surface area contributed by atoms with Crippen LogP contribution < -0.4 is 5.32 Å². The number of hydrogen-bond acceptors (Lipinski definition) is 6. The Morgan fingerprint density at radius 3 is 2.45 bits per heavy atom. The lowest BCUT2D eigenvalue weighted by atomic mass is 10.2. The summed E-state index contributed by atoms with van der Waals surface area (Å²) < 4.78 is 9.85. The van der Waals surface area contributed by atoms with Gasteiger partial charge in [0, 0.05) is 0 Å². The molecule has 0 heterocycles. The second-order valence-corrected chi connectivity index (χ2v) is 7.82. The number of hydrogen-bond donors (Lipinski definition) is 2. The van der Waals surface area contributed by atoms with E-state index < -0.39 is 29.3 Å². The summed E-state index contributed by atoms with van der Waals surface area (Å²) in [5.74, 6) is 1.06. The molecule has 0 aromatic rings. The van der Waals surface area contributed by atoms with Gasteiger partial charge in [0.1, 0.15) is 11.6 Å². The maximum atomic E-state index is 11.7. The first kappa shape index (κ1) is 19.1. The predicted octanol–water partition coefficient (Wildman–Crippen LogP) is 2.09. The van der Waals surface area contributed by atoms with Gasteiger partial charge in [-0.05, 0) is 58.0 Å². The van der Waals surface area contributed by atoms with E-state index in [1.807, 2.05) is 0 Å². The summed E-state index contributed by atoms with van der Waals surface area (Å²) in [5, 5.41) is 12.3. The number of rotatable bonds is 8. The van der Waals surface area contributed by atoms with Crippen molar-refractivity contribution in [3.8, 4) is 0 Å². The van der Waals surface area contributed by atoms with Crippen LogP contribution in [0.1, 0.15) is 46.5 Å². The van der Waals surface area contributed by atoms with E-state index in [4.69, 9.17) is 9.47 Å². The van der Waals surface area contributed by atoms with E-state index in [1.165, 1.54) is 7.11 Å². The molecule has 0 spiro atoms. The highest BCUT2D eigenvalue weighted by atomic mass is 32.2. The number of alkyl carbamates (subject to hydrolysis) is 1. The van der Waals surface area contributed by atoms with Gasteiger partial charge in [-0.15, -0.1) is 0 Å². The Hall–Kier alpha value is -0.950. The smallest absolute Gasteiger partial charge is 0.408 e. The Morgan fingerprint density at radius 1 is 1.32 bits per heavy atom. The van der Waals surface area contributed by atoms with Gasteiger partial charge in [-0.2, -0.15) is 11.8 Å². The van der Waals surface area contributed by atoms with Gasteiger partial charge in [-0.1, -0.05) is 0 Å². The molecule has 0 aromatic carbocycles. The zero-order valence-corrected chi connectivity index (χ0v) is 14.6. The van der Waals surface area contributed by atoms with E-state index in [1.54, 1.807) is 32.5 Å². The van der Waals surface area contributed by atoms with Crippen LogP contribution in [0.4, 0.5) is 4.79 Å². The van der Waals surface area contributed by atoms with Gasteiger partial charge in [0.2, 0.25) is 0 Å². The van der Waals surface area contributed by atoms with Crippen LogP contribution in [0.5, 0.6) is 0 Å². The lowest BCUT2D eigenvalue weighted by Crippen LogP contribution is -2.44. The SMILES string of the molecule is COC(=O)[C@H](CCSCCC1(O)CC1)NC(=O)OC(C)(C)C.